The zero-order valence-corrected chi connectivity index (χ0v) is 15.0. The van der Waals surface area contributed by atoms with E-state index in [-0.39, 0.29) is 10.9 Å². The molecule has 0 amide bonds. The van der Waals surface area contributed by atoms with Gasteiger partial charge in [-0.1, -0.05) is 0 Å². The Morgan fingerprint density at radius 1 is 0.957 bits per heavy atom. The number of rotatable bonds is 3. The second-order valence-electron chi connectivity index (χ2n) is 5.21. The van der Waals surface area contributed by atoms with Gasteiger partial charge in [-0.15, -0.1) is 0 Å². The van der Waals surface area contributed by atoms with Gasteiger partial charge in [0.25, 0.3) is 0 Å². The molecule has 1 unspecified atom stereocenters. The van der Waals surface area contributed by atoms with Crippen LogP contribution in [-0.4, -0.2) is 41.7 Å². The van der Waals surface area contributed by atoms with Crippen molar-refractivity contribution < 1.29 is 17.9 Å². The third-order valence-electron chi connectivity index (χ3n) is 3.60. The summed E-state index contributed by atoms with van der Waals surface area (Å²) < 4.78 is 28.5. The van der Waals surface area contributed by atoms with E-state index in [1.807, 2.05) is 30.3 Å². The van der Waals surface area contributed by atoms with Gasteiger partial charge in [-0.3, -0.25) is 0 Å². The maximum absolute atomic E-state index is 12.2. The molecule has 6 heteroatoms. The first-order valence-corrected chi connectivity index (χ1v) is 9.84. The monoisotopic (exact) mass is 394 g/mol. The quantitative estimate of drug-likeness (QED) is 0.589. The predicted molar refractivity (Wildman–Crippen MR) is 89.8 cm³/mol. The number of carbonyl (C=O) groups excluding carboxylic acids is 1. The molecule has 118 valence electrons. The molecule has 0 saturated heterocycles. The normalized spacial score (nSPS) is 18.2. The summed E-state index contributed by atoms with van der Waals surface area (Å²) in [4.78, 5) is 12.5. The number of cyclic esters (lactones) is 1. The molecule has 2 aromatic rings. The van der Waals surface area contributed by atoms with Crippen LogP contribution < -0.4 is 0 Å². The van der Waals surface area contributed by atoms with Crippen LogP contribution in [0.5, 0.6) is 0 Å². The van der Waals surface area contributed by atoms with E-state index in [1.165, 1.54) is 6.26 Å². The summed E-state index contributed by atoms with van der Waals surface area (Å²) in [5.74, 6) is -0.371. The van der Waals surface area contributed by atoms with Gasteiger partial charge in [0.05, 0.1) is 0 Å². The Bertz CT molecular complexity index is 884. The topological polar surface area (TPSA) is 60.4 Å². The van der Waals surface area contributed by atoms with E-state index in [0.29, 0.717) is 5.57 Å². The van der Waals surface area contributed by atoms with Crippen molar-refractivity contribution in [2.45, 2.75) is 9.90 Å². The van der Waals surface area contributed by atoms with Crippen molar-refractivity contribution >= 4 is 43.0 Å². The van der Waals surface area contributed by atoms with Crippen molar-refractivity contribution in [1.29, 1.82) is 0 Å². The van der Waals surface area contributed by atoms with Gasteiger partial charge in [-0.05, 0) is 0 Å². The molecule has 1 heterocycles. The SMILES string of the molecule is CS(=O)(=O)c1ccc(C2=C(c3ccccc3)C(=O)OC2[SeH])cc1. The Kier molecular flexibility index (Phi) is 4.15. The number of hydrogen-bond acceptors (Lipinski definition) is 4. The standard InChI is InChI=1S/C17H14O4SSe/c1-22(19,20)13-9-7-12(8-10-13)15-14(16(18)21-17(15)23)11-5-3-2-4-6-11/h2-10,17,23H,1H3. The number of sulfone groups is 1. The van der Waals surface area contributed by atoms with Crippen LogP contribution in [0, 0.1) is 0 Å². The number of benzene rings is 2. The Hall–Kier alpha value is -1.88. The second-order valence-corrected chi connectivity index (χ2v) is 8.21. The molecule has 0 aromatic heterocycles. The van der Waals surface area contributed by atoms with Crippen LogP contribution in [0.4, 0.5) is 0 Å². The van der Waals surface area contributed by atoms with E-state index in [0.717, 1.165) is 16.7 Å². The first kappa shape index (κ1) is 16.0. The molecule has 0 bridgehead atoms. The van der Waals surface area contributed by atoms with Gasteiger partial charge in [-0.2, -0.15) is 0 Å². The zero-order valence-electron chi connectivity index (χ0n) is 12.3. The molecular weight excluding hydrogens is 379 g/mol. The number of esters is 1. The first-order chi connectivity index (χ1) is 10.9. The molecule has 1 atom stereocenters. The van der Waals surface area contributed by atoms with Gasteiger partial charge in [0.1, 0.15) is 0 Å². The number of carbonyl (C=O) groups is 1. The van der Waals surface area contributed by atoms with Crippen molar-refractivity contribution in [3.8, 4) is 0 Å². The van der Waals surface area contributed by atoms with Gasteiger partial charge in [0.15, 0.2) is 0 Å². The van der Waals surface area contributed by atoms with E-state index in [1.54, 1.807) is 24.3 Å². The average molecular weight is 393 g/mol. The summed E-state index contributed by atoms with van der Waals surface area (Å²) in [6.07, 6.45) is 1.17. The summed E-state index contributed by atoms with van der Waals surface area (Å²) in [6.45, 7) is 0. The van der Waals surface area contributed by atoms with Crippen LogP contribution in [0.25, 0.3) is 11.1 Å². The van der Waals surface area contributed by atoms with Crippen LogP contribution in [0.3, 0.4) is 0 Å². The average Bonchev–Trinajstić information content (AvgIpc) is 2.82. The van der Waals surface area contributed by atoms with E-state index in [4.69, 9.17) is 4.74 Å². The molecule has 0 N–H and O–H groups in total. The summed E-state index contributed by atoms with van der Waals surface area (Å²) in [6, 6.07) is 15.8. The Morgan fingerprint density at radius 2 is 1.57 bits per heavy atom. The summed E-state index contributed by atoms with van der Waals surface area (Å²) in [5.41, 5.74) is 2.82. The fourth-order valence-corrected chi connectivity index (χ4v) is 3.91. The van der Waals surface area contributed by atoms with Crippen LogP contribution in [0.15, 0.2) is 59.5 Å². The molecule has 3 rings (SSSR count). The maximum atomic E-state index is 12.2. The Morgan fingerprint density at radius 3 is 2.13 bits per heavy atom. The van der Waals surface area contributed by atoms with Crippen molar-refractivity contribution in [1.82, 2.24) is 0 Å². The third kappa shape index (κ3) is 3.11. The van der Waals surface area contributed by atoms with E-state index in [2.05, 4.69) is 16.0 Å². The third-order valence-corrected chi connectivity index (χ3v) is 5.49. The van der Waals surface area contributed by atoms with Crippen LogP contribution in [-0.2, 0) is 19.4 Å². The number of ether oxygens (including phenoxy) is 1. The van der Waals surface area contributed by atoms with Crippen LogP contribution in [0.1, 0.15) is 11.1 Å². The Balaban J connectivity index is 2.15. The van der Waals surface area contributed by atoms with Crippen molar-refractivity contribution in [2.24, 2.45) is 0 Å². The van der Waals surface area contributed by atoms with Gasteiger partial charge >= 0.3 is 143 Å². The molecule has 2 aromatic carbocycles. The van der Waals surface area contributed by atoms with Crippen LogP contribution in [0.2, 0.25) is 0 Å². The molecule has 0 aliphatic carbocycles. The second kappa shape index (κ2) is 5.96. The van der Waals surface area contributed by atoms with E-state index >= 15 is 0 Å². The van der Waals surface area contributed by atoms with Crippen molar-refractivity contribution in [3.05, 3.63) is 65.7 Å². The van der Waals surface area contributed by atoms with Crippen molar-refractivity contribution in [3.63, 3.8) is 0 Å². The van der Waals surface area contributed by atoms with Gasteiger partial charge in [-0.25, -0.2) is 0 Å². The first-order valence-electron chi connectivity index (χ1n) is 6.87. The van der Waals surface area contributed by atoms with Crippen LogP contribution >= 0.6 is 0 Å². The molecule has 1 aliphatic rings. The minimum atomic E-state index is -3.25. The van der Waals surface area contributed by atoms with Gasteiger partial charge in [0.2, 0.25) is 0 Å². The summed E-state index contributed by atoms with van der Waals surface area (Å²) >= 11 is 2.33. The molecule has 0 fully saturated rings. The molecule has 4 nitrogen and oxygen atoms in total. The molecule has 0 spiro atoms. The fourth-order valence-electron chi connectivity index (χ4n) is 2.50. The van der Waals surface area contributed by atoms with Crippen molar-refractivity contribution in [2.75, 3.05) is 6.26 Å². The minimum absolute atomic E-state index is 0.246. The number of hydrogen-bond donors (Lipinski definition) is 0. The molecular formula is C17H14O4SSe. The van der Waals surface area contributed by atoms with E-state index in [9.17, 15) is 13.2 Å². The molecule has 0 radical (unpaired) electrons. The molecule has 0 saturated carbocycles. The predicted octanol–water partition coefficient (Wildman–Crippen LogP) is 1.78. The summed E-state index contributed by atoms with van der Waals surface area (Å²) in [5, 5.41) is -0.436. The fraction of sp³-hybridized carbons (Fsp3) is 0.118. The van der Waals surface area contributed by atoms with Gasteiger partial charge in [0, 0.05) is 0 Å². The van der Waals surface area contributed by atoms with Gasteiger partial charge < -0.3 is 0 Å². The van der Waals surface area contributed by atoms with E-state index < -0.39 is 14.8 Å². The molecule has 1 aliphatic heterocycles. The summed E-state index contributed by atoms with van der Waals surface area (Å²) in [7, 11) is -3.25. The Labute approximate surface area is 142 Å². The molecule has 23 heavy (non-hydrogen) atoms. The zero-order chi connectivity index (χ0) is 16.6.